The Morgan fingerprint density at radius 2 is 2.00 bits per heavy atom. The third-order valence-electron chi connectivity index (χ3n) is 5.17. The number of hydrogen-bond acceptors (Lipinski definition) is 4. The van der Waals surface area contributed by atoms with Crippen LogP contribution in [0.3, 0.4) is 0 Å². The average molecular weight is 330 g/mol. The van der Waals surface area contributed by atoms with Gasteiger partial charge in [0, 0.05) is 26.2 Å². The van der Waals surface area contributed by atoms with E-state index in [2.05, 4.69) is 20.1 Å². The molecule has 0 unspecified atom stereocenters. The first-order valence-corrected chi connectivity index (χ1v) is 8.62. The topological polar surface area (TPSA) is 88.8 Å². The largest absolute Gasteiger partial charge is 0.337 e. The second kappa shape index (κ2) is 5.92. The zero-order valence-electron chi connectivity index (χ0n) is 13.9. The maximum Gasteiger partial charge on any atom is 0.272 e. The van der Waals surface area contributed by atoms with Crippen molar-refractivity contribution >= 4 is 5.91 Å². The van der Waals surface area contributed by atoms with Gasteiger partial charge in [-0.1, -0.05) is 5.21 Å². The molecule has 1 fully saturated rings. The number of rotatable bonds is 2. The lowest BCUT2D eigenvalue weighted by Crippen LogP contribution is -2.40. The van der Waals surface area contributed by atoms with Gasteiger partial charge in [0.15, 0.2) is 0 Å². The van der Waals surface area contributed by atoms with Gasteiger partial charge in [0.1, 0.15) is 5.69 Å². The maximum atomic E-state index is 12.6. The summed E-state index contributed by atoms with van der Waals surface area (Å²) in [6, 6.07) is 1.68. The second-order valence-corrected chi connectivity index (χ2v) is 6.72. The van der Waals surface area contributed by atoms with Gasteiger partial charge in [-0.25, -0.2) is 4.68 Å². The van der Waals surface area contributed by atoms with Crippen LogP contribution in [0.25, 0.3) is 0 Å². The monoisotopic (exact) mass is 330 g/mol. The molecule has 2 aromatic rings. The van der Waals surface area contributed by atoms with Gasteiger partial charge < -0.3 is 4.90 Å². The molecule has 0 radical (unpaired) electrons. The second-order valence-electron chi connectivity index (χ2n) is 6.72. The van der Waals surface area contributed by atoms with Crippen LogP contribution in [-0.2, 0) is 19.9 Å². The summed E-state index contributed by atoms with van der Waals surface area (Å²) in [5, 5.41) is 11.3. The number of nitrogens with zero attached hydrogens (tertiary/aromatic N) is 5. The van der Waals surface area contributed by atoms with Crippen LogP contribution in [0.15, 0.2) is 10.9 Å². The average Bonchev–Trinajstić information content (AvgIpc) is 3.17. The third-order valence-corrected chi connectivity index (χ3v) is 5.17. The lowest BCUT2D eigenvalue weighted by molar-refractivity contribution is 0.0677. The molecule has 8 heteroatoms. The molecule has 2 aromatic heterocycles. The number of likely N-dealkylation sites (tertiary alicyclic amines) is 1. The molecule has 0 saturated carbocycles. The number of H-pyrrole nitrogens is 1. The molecule has 1 aliphatic carbocycles. The van der Waals surface area contributed by atoms with Crippen LogP contribution in [0.5, 0.6) is 0 Å². The molecule has 0 spiro atoms. The van der Waals surface area contributed by atoms with E-state index in [1.807, 2.05) is 4.90 Å². The minimum absolute atomic E-state index is 0.0880. The van der Waals surface area contributed by atoms with E-state index in [1.54, 1.807) is 7.05 Å². The summed E-state index contributed by atoms with van der Waals surface area (Å²) in [6.45, 7) is 1.36. The number of carbonyl (C=O) groups is 1. The summed E-state index contributed by atoms with van der Waals surface area (Å²) < 4.78 is 3.59. The van der Waals surface area contributed by atoms with Crippen molar-refractivity contribution in [3.63, 3.8) is 0 Å². The number of amides is 1. The summed E-state index contributed by atoms with van der Waals surface area (Å²) >= 11 is 0. The number of carbonyl (C=O) groups excluding carboxylic acids is 1. The smallest absolute Gasteiger partial charge is 0.272 e. The maximum absolute atomic E-state index is 12.6. The Morgan fingerprint density at radius 1 is 1.25 bits per heavy atom. The molecule has 0 bridgehead atoms. The molecule has 0 atom stereocenters. The number of nitrogens with one attached hydrogen (secondary N) is 1. The van der Waals surface area contributed by atoms with E-state index in [0.717, 1.165) is 31.4 Å². The fourth-order valence-corrected chi connectivity index (χ4v) is 3.84. The van der Waals surface area contributed by atoms with Crippen LogP contribution in [0.4, 0.5) is 0 Å². The standard InChI is InChI=1S/C16H22N6O2/c1-20-14(10-15(23)18-20)16(24)21-8-6-11(7-9-21)22-13-5-3-2-4-12(13)17-19-22/h10-11H,2-9H2,1H3,(H,18,23). The first kappa shape index (κ1) is 15.2. The molecule has 24 heavy (non-hydrogen) atoms. The van der Waals surface area contributed by atoms with Gasteiger partial charge in [-0.3, -0.25) is 19.4 Å². The zero-order valence-corrected chi connectivity index (χ0v) is 13.9. The van der Waals surface area contributed by atoms with Crippen LogP contribution in [-0.4, -0.2) is 48.7 Å². The summed E-state index contributed by atoms with van der Waals surface area (Å²) in [5.41, 5.74) is 2.61. The fraction of sp³-hybridized carbons (Fsp3) is 0.625. The first-order valence-electron chi connectivity index (χ1n) is 8.62. The van der Waals surface area contributed by atoms with Crippen molar-refractivity contribution in [2.75, 3.05) is 13.1 Å². The normalized spacial score (nSPS) is 18.6. The Morgan fingerprint density at radius 3 is 2.71 bits per heavy atom. The van der Waals surface area contributed by atoms with E-state index in [9.17, 15) is 9.59 Å². The summed E-state index contributed by atoms with van der Waals surface area (Å²) in [7, 11) is 1.68. The van der Waals surface area contributed by atoms with Crippen molar-refractivity contribution in [2.24, 2.45) is 7.05 Å². The zero-order chi connectivity index (χ0) is 16.7. The van der Waals surface area contributed by atoms with Crippen LogP contribution in [0.2, 0.25) is 0 Å². The molecule has 2 aliphatic rings. The van der Waals surface area contributed by atoms with E-state index in [0.29, 0.717) is 24.8 Å². The molecule has 1 N–H and O–H groups in total. The highest BCUT2D eigenvalue weighted by Gasteiger charge is 2.29. The predicted octanol–water partition coefficient (Wildman–Crippen LogP) is 0.661. The van der Waals surface area contributed by atoms with E-state index >= 15 is 0 Å². The van der Waals surface area contributed by atoms with Crippen LogP contribution >= 0.6 is 0 Å². The van der Waals surface area contributed by atoms with Crippen molar-refractivity contribution < 1.29 is 4.79 Å². The van der Waals surface area contributed by atoms with Crippen LogP contribution < -0.4 is 5.56 Å². The first-order chi connectivity index (χ1) is 11.6. The number of aromatic nitrogens is 5. The molecule has 128 valence electrons. The van der Waals surface area contributed by atoms with Gasteiger partial charge in [-0.05, 0) is 38.5 Å². The minimum Gasteiger partial charge on any atom is -0.337 e. The summed E-state index contributed by atoms with van der Waals surface area (Å²) in [6.07, 6.45) is 6.26. The number of piperidine rings is 1. The van der Waals surface area contributed by atoms with Gasteiger partial charge >= 0.3 is 0 Å². The van der Waals surface area contributed by atoms with E-state index in [-0.39, 0.29) is 11.5 Å². The van der Waals surface area contributed by atoms with Crippen molar-refractivity contribution in [2.45, 2.75) is 44.6 Å². The minimum atomic E-state index is -0.245. The molecule has 1 amide bonds. The molecule has 3 heterocycles. The summed E-state index contributed by atoms with van der Waals surface area (Å²) in [5.74, 6) is -0.0880. The molecular formula is C16H22N6O2. The number of aryl methyl sites for hydroxylation is 2. The van der Waals surface area contributed by atoms with E-state index in [1.165, 1.54) is 29.3 Å². The van der Waals surface area contributed by atoms with Crippen LogP contribution in [0.1, 0.15) is 53.6 Å². The van der Waals surface area contributed by atoms with Gasteiger partial charge in [0.2, 0.25) is 0 Å². The SMILES string of the molecule is Cn1[nH]c(=O)cc1C(=O)N1CCC(n2nnc3c2CCCC3)CC1. The number of fused-ring (bicyclic) bond motifs is 1. The molecule has 1 saturated heterocycles. The predicted molar refractivity (Wildman–Crippen MR) is 86.9 cm³/mol. The summed E-state index contributed by atoms with van der Waals surface area (Å²) in [4.78, 5) is 25.8. The van der Waals surface area contributed by atoms with Gasteiger partial charge in [0.05, 0.1) is 17.4 Å². The molecule has 8 nitrogen and oxygen atoms in total. The Balaban J connectivity index is 1.45. The molecule has 4 rings (SSSR count). The number of aromatic amines is 1. The van der Waals surface area contributed by atoms with Gasteiger partial charge in [-0.2, -0.15) is 0 Å². The quantitative estimate of drug-likeness (QED) is 0.876. The van der Waals surface area contributed by atoms with Crippen molar-refractivity contribution in [3.05, 3.63) is 33.5 Å². The van der Waals surface area contributed by atoms with Gasteiger partial charge in [0.25, 0.3) is 11.5 Å². The van der Waals surface area contributed by atoms with Crippen molar-refractivity contribution in [1.82, 2.24) is 29.7 Å². The van der Waals surface area contributed by atoms with Crippen molar-refractivity contribution in [1.29, 1.82) is 0 Å². The highest BCUT2D eigenvalue weighted by atomic mass is 16.2. The molecule has 1 aliphatic heterocycles. The fourth-order valence-electron chi connectivity index (χ4n) is 3.84. The lowest BCUT2D eigenvalue weighted by atomic mass is 9.99. The highest BCUT2D eigenvalue weighted by Crippen LogP contribution is 2.27. The lowest BCUT2D eigenvalue weighted by Gasteiger charge is -2.32. The third kappa shape index (κ3) is 2.55. The van der Waals surface area contributed by atoms with Gasteiger partial charge in [-0.15, -0.1) is 5.10 Å². The Labute approximate surface area is 139 Å². The number of hydrogen-bond donors (Lipinski definition) is 1. The molecule has 0 aromatic carbocycles. The van der Waals surface area contributed by atoms with E-state index in [4.69, 9.17) is 0 Å². The Bertz CT molecular complexity index is 809. The van der Waals surface area contributed by atoms with E-state index < -0.39 is 0 Å². The highest BCUT2D eigenvalue weighted by molar-refractivity contribution is 5.92. The van der Waals surface area contributed by atoms with Crippen molar-refractivity contribution in [3.8, 4) is 0 Å². The van der Waals surface area contributed by atoms with Crippen LogP contribution in [0, 0.1) is 0 Å². The molecular weight excluding hydrogens is 308 g/mol. The Kier molecular flexibility index (Phi) is 3.74. The Hall–Kier alpha value is -2.38.